The van der Waals surface area contributed by atoms with Crippen LogP contribution in [0.1, 0.15) is 0 Å². The van der Waals surface area contributed by atoms with E-state index in [1.807, 2.05) is 0 Å². The second-order valence-corrected chi connectivity index (χ2v) is 1.72. The predicted octanol–water partition coefficient (Wildman–Crippen LogP) is -7.01. The maximum atomic E-state index is 8.77. The molecule has 7 nitrogen and oxygen atoms in total. The second kappa shape index (κ2) is 10.9. The topological polar surface area (TPSA) is 144 Å². The Labute approximate surface area is 94.4 Å². The molecule has 0 aromatic rings. The number of phosphoric acid groups is 1. The summed E-state index contributed by atoms with van der Waals surface area (Å²) in [4.78, 5) is 31.3. The van der Waals surface area contributed by atoms with Crippen LogP contribution in [0.2, 0.25) is 0 Å². The molecule has 10 heteroatoms. The Balaban J connectivity index is -0.0000000383. The molecule has 0 amide bonds. The van der Waals surface area contributed by atoms with Gasteiger partial charge < -0.3 is 29.7 Å². The first-order valence-corrected chi connectivity index (χ1v) is 2.91. The van der Waals surface area contributed by atoms with Crippen molar-refractivity contribution in [2.45, 2.75) is 0 Å². The van der Waals surface area contributed by atoms with Crippen LogP contribution in [-0.2, 0) is 21.6 Å². The van der Waals surface area contributed by atoms with Gasteiger partial charge in [-0.05, 0) is 6.16 Å². The number of hydrogen-bond donors (Lipinski definition) is 2. The van der Waals surface area contributed by atoms with Crippen LogP contribution < -0.4 is 44.7 Å². The zero-order chi connectivity index (χ0) is 8.08. The molecule has 0 saturated heterocycles. The molecule has 0 heterocycles. The van der Waals surface area contributed by atoms with Crippen molar-refractivity contribution in [3.8, 4) is 0 Å². The zero-order valence-electron chi connectivity index (χ0n) is 5.26. The third kappa shape index (κ3) is 1070. The summed E-state index contributed by atoms with van der Waals surface area (Å²) in [5.41, 5.74) is 0. The van der Waals surface area contributed by atoms with Gasteiger partial charge in [-0.25, -0.2) is 0 Å². The summed E-state index contributed by atoms with van der Waals surface area (Å²) in [6.45, 7) is 0. The van der Waals surface area contributed by atoms with Crippen LogP contribution in [-0.4, -0.2) is 15.9 Å². The van der Waals surface area contributed by atoms with Gasteiger partial charge in [0.15, 0.2) is 0 Å². The average molecular weight is 235 g/mol. The Kier molecular flexibility index (Phi) is 22.4. The number of carboxylic acid groups (broad SMARTS) is 2. The molecule has 0 aromatic heterocycles. The standard InChI is InChI=1S/CH2O3.Mn.Na.H3O4P/c2-1(3)4;;;1-5(2,3)4/h(H2,2,3,4);;;(H3,1,2,3,4)/q;+2;+1;/p-3. The van der Waals surface area contributed by atoms with Gasteiger partial charge in [0.25, 0.3) is 7.82 Å². The van der Waals surface area contributed by atoms with Crippen LogP contribution >= 0.6 is 7.82 Å². The van der Waals surface area contributed by atoms with E-state index in [1.54, 1.807) is 0 Å². The Morgan fingerprint density at radius 2 is 1.27 bits per heavy atom. The molecular weight excluding hydrogens is 233 g/mol. The van der Waals surface area contributed by atoms with Gasteiger partial charge in [0, 0.05) is 0 Å². The van der Waals surface area contributed by atoms with E-state index in [-0.39, 0.29) is 46.6 Å². The van der Waals surface area contributed by atoms with Crippen LogP contribution in [0.15, 0.2) is 0 Å². The average Bonchev–Trinajstić information content (AvgIpc) is 1.19. The van der Waals surface area contributed by atoms with E-state index < -0.39 is 14.0 Å². The molecule has 0 unspecified atom stereocenters. The Bertz CT molecular complexity index is 118. The third-order valence-electron chi connectivity index (χ3n) is 0. The van der Waals surface area contributed by atoms with Crippen LogP contribution in [0, 0.1) is 0 Å². The molecule has 0 aromatic carbocycles. The van der Waals surface area contributed by atoms with Crippen molar-refractivity contribution in [1.82, 2.24) is 0 Å². The predicted molar refractivity (Wildman–Crippen MR) is 17.4 cm³/mol. The van der Waals surface area contributed by atoms with Crippen molar-refractivity contribution in [2.24, 2.45) is 0 Å². The Morgan fingerprint density at radius 3 is 1.27 bits per heavy atom. The Morgan fingerprint density at radius 1 is 1.27 bits per heavy atom. The van der Waals surface area contributed by atoms with Crippen LogP contribution in [0.4, 0.5) is 4.79 Å². The van der Waals surface area contributed by atoms with Crippen molar-refractivity contribution in [3.63, 3.8) is 0 Å². The SMILES string of the molecule is O=C([O-])[O-].O=P([O-])(O)O.[Mn+2].[Na+]. The van der Waals surface area contributed by atoms with Gasteiger partial charge in [0.1, 0.15) is 0 Å². The normalized spacial score (nSPS) is 7.55. The summed E-state index contributed by atoms with van der Waals surface area (Å²) in [5.74, 6) is 0. The molecule has 0 aliphatic carbocycles. The van der Waals surface area contributed by atoms with Gasteiger partial charge in [0.05, 0.1) is 0 Å². The molecule has 0 atom stereocenters. The fourth-order valence-corrected chi connectivity index (χ4v) is 0. The van der Waals surface area contributed by atoms with Crippen LogP contribution in [0.5, 0.6) is 0 Å². The number of rotatable bonds is 0. The molecule has 11 heavy (non-hydrogen) atoms. The first-order chi connectivity index (χ1) is 3.73. The van der Waals surface area contributed by atoms with Gasteiger partial charge in [-0.15, -0.1) is 0 Å². The minimum Gasteiger partial charge on any atom is -0.756 e. The number of hydrogen-bond acceptors (Lipinski definition) is 5. The van der Waals surface area contributed by atoms with E-state index in [9.17, 15) is 0 Å². The van der Waals surface area contributed by atoms with Gasteiger partial charge in [0.2, 0.25) is 0 Å². The van der Waals surface area contributed by atoms with Crippen LogP contribution in [0.25, 0.3) is 0 Å². The molecule has 0 bridgehead atoms. The summed E-state index contributed by atoms with van der Waals surface area (Å²) in [6.07, 6.45) is -2.33. The zero-order valence-corrected chi connectivity index (χ0v) is 9.34. The van der Waals surface area contributed by atoms with E-state index in [0.717, 1.165) is 0 Å². The second-order valence-electron chi connectivity index (χ2n) is 0.741. The van der Waals surface area contributed by atoms with Crippen molar-refractivity contribution in [2.75, 3.05) is 0 Å². The quantitative estimate of drug-likeness (QED) is 0.313. The minimum atomic E-state index is -4.89. The van der Waals surface area contributed by atoms with Gasteiger partial charge in [-0.2, -0.15) is 0 Å². The smallest absolute Gasteiger partial charge is 0.756 e. The fourth-order valence-electron chi connectivity index (χ4n) is 0. The number of carbonyl (C=O) groups excluding carboxylic acids is 1. The van der Waals surface area contributed by atoms with E-state index >= 15 is 0 Å². The summed E-state index contributed by atoms with van der Waals surface area (Å²) < 4.78 is 8.77. The van der Waals surface area contributed by atoms with Crippen molar-refractivity contribution in [1.29, 1.82) is 0 Å². The molecule has 0 rings (SSSR count). The van der Waals surface area contributed by atoms with Gasteiger partial charge >= 0.3 is 46.6 Å². The summed E-state index contributed by atoms with van der Waals surface area (Å²) >= 11 is 0. The molecule has 0 aliphatic heterocycles. The van der Waals surface area contributed by atoms with Crippen molar-refractivity contribution in [3.05, 3.63) is 0 Å². The van der Waals surface area contributed by atoms with E-state index in [0.29, 0.717) is 0 Å². The number of carbonyl (C=O) groups is 1. The monoisotopic (exact) mass is 235 g/mol. The van der Waals surface area contributed by atoms with Gasteiger partial charge in [-0.3, -0.25) is 4.57 Å². The molecule has 0 spiro atoms. The molecular formula is CH2MnNaO7P. The molecule has 1 radical (unpaired) electrons. The van der Waals surface area contributed by atoms with E-state index in [4.69, 9.17) is 34.3 Å². The van der Waals surface area contributed by atoms with Crippen LogP contribution in [0.3, 0.4) is 0 Å². The molecule has 0 fully saturated rings. The maximum absolute atomic E-state index is 8.77. The minimum absolute atomic E-state index is 0. The molecule has 0 saturated carbocycles. The largest absolute Gasteiger partial charge is 2.00 e. The fraction of sp³-hybridized carbons (Fsp3) is 0. The van der Waals surface area contributed by atoms with Gasteiger partial charge in [-0.1, -0.05) is 0 Å². The van der Waals surface area contributed by atoms with E-state index in [1.165, 1.54) is 0 Å². The molecule has 61 valence electrons. The molecule has 0 aliphatic rings. The van der Waals surface area contributed by atoms with Crippen molar-refractivity contribution < 1.29 is 80.9 Å². The molecule has 2 N–H and O–H groups in total. The van der Waals surface area contributed by atoms with E-state index in [2.05, 4.69) is 0 Å². The third-order valence-corrected chi connectivity index (χ3v) is 0. The first kappa shape index (κ1) is 22.7. The summed E-state index contributed by atoms with van der Waals surface area (Å²) in [5, 5.41) is 16.7. The Hall–Kier alpha value is 0.899. The summed E-state index contributed by atoms with van der Waals surface area (Å²) in [7, 11) is -4.89. The summed E-state index contributed by atoms with van der Waals surface area (Å²) in [6, 6.07) is 0. The van der Waals surface area contributed by atoms with Crippen molar-refractivity contribution >= 4 is 14.0 Å². The first-order valence-electron chi connectivity index (χ1n) is 1.38. The maximum Gasteiger partial charge on any atom is 2.00 e.